The van der Waals surface area contributed by atoms with Crippen LogP contribution in [0.4, 0.5) is 11.5 Å². The average molecular weight is 460 g/mol. The third-order valence-corrected chi connectivity index (χ3v) is 5.76. The lowest BCUT2D eigenvalue weighted by atomic mass is 10.1. The minimum absolute atomic E-state index is 0.602. The van der Waals surface area contributed by atoms with Crippen molar-refractivity contribution < 1.29 is 9.47 Å². The number of para-hydroxylation sites is 2. The van der Waals surface area contributed by atoms with Gasteiger partial charge in [0.05, 0.1) is 35.7 Å². The highest BCUT2D eigenvalue weighted by atomic mass is 35.5. The Morgan fingerprint density at radius 1 is 0.970 bits per heavy atom. The number of anilines is 2. The zero-order valence-electron chi connectivity index (χ0n) is 18.4. The monoisotopic (exact) mass is 459 g/mol. The fourth-order valence-corrected chi connectivity index (χ4v) is 3.96. The number of halogens is 1. The Bertz CT molecular complexity index is 1450. The van der Waals surface area contributed by atoms with Gasteiger partial charge in [-0.2, -0.15) is 0 Å². The maximum Gasteiger partial charge on any atom is 0.148 e. The van der Waals surface area contributed by atoms with Gasteiger partial charge in [-0.3, -0.25) is 0 Å². The second kappa shape index (κ2) is 8.60. The van der Waals surface area contributed by atoms with Crippen molar-refractivity contribution in [1.82, 2.24) is 19.9 Å². The number of fused-ring (bicyclic) bond motifs is 2. The number of aryl methyl sites for hydroxylation is 1. The van der Waals surface area contributed by atoms with Gasteiger partial charge in [0.2, 0.25) is 0 Å². The van der Waals surface area contributed by atoms with E-state index in [1.165, 1.54) is 0 Å². The number of imidazole rings is 1. The number of aromatic amines is 1. The van der Waals surface area contributed by atoms with E-state index in [0.29, 0.717) is 40.4 Å². The molecule has 7 nitrogen and oxygen atoms in total. The van der Waals surface area contributed by atoms with Crippen molar-refractivity contribution in [2.24, 2.45) is 0 Å². The molecule has 0 fully saturated rings. The maximum absolute atomic E-state index is 6.54. The van der Waals surface area contributed by atoms with Crippen LogP contribution in [0.5, 0.6) is 11.5 Å². The van der Waals surface area contributed by atoms with Crippen LogP contribution in [-0.2, 0) is 6.42 Å². The normalized spacial score (nSPS) is 11.2. The smallest absolute Gasteiger partial charge is 0.148 e. The highest BCUT2D eigenvalue weighted by Crippen LogP contribution is 2.36. The van der Waals surface area contributed by atoms with Gasteiger partial charge in [0, 0.05) is 23.7 Å². The summed E-state index contributed by atoms with van der Waals surface area (Å²) in [5, 5.41) is 4.83. The molecule has 5 rings (SSSR count). The summed E-state index contributed by atoms with van der Waals surface area (Å²) in [7, 11) is 3.24. The van der Waals surface area contributed by atoms with Crippen LogP contribution < -0.4 is 14.8 Å². The van der Waals surface area contributed by atoms with E-state index in [4.69, 9.17) is 26.1 Å². The van der Waals surface area contributed by atoms with Gasteiger partial charge >= 0.3 is 0 Å². The zero-order valence-corrected chi connectivity index (χ0v) is 19.2. The molecule has 2 aromatic heterocycles. The molecule has 0 atom stereocenters. The van der Waals surface area contributed by atoms with Crippen molar-refractivity contribution in [1.29, 1.82) is 0 Å². The van der Waals surface area contributed by atoms with Crippen LogP contribution in [0.3, 0.4) is 0 Å². The zero-order chi connectivity index (χ0) is 22.9. The van der Waals surface area contributed by atoms with E-state index in [0.717, 1.165) is 33.2 Å². The summed E-state index contributed by atoms with van der Waals surface area (Å²) in [6, 6.07) is 17.3. The summed E-state index contributed by atoms with van der Waals surface area (Å²) in [4.78, 5) is 17.4. The molecule has 5 aromatic rings. The Kier molecular flexibility index (Phi) is 5.48. The molecule has 166 valence electrons. The molecule has 0 radical (unpaired) electrons. The van der Waals surface area contributed by atoms with E-state index >= 15 is 0 Å². The molecule has 33 heavy (non-hydrogen) atoms. The van der Waals surface area contributed by atoms with Gasteiger partial charge in [0.1, 0.15) is 34.5 Å². The molecule has 2 N–H and O–H groups in total. The van der Waals surface area contributed by atoms with Gasteiger partial charge in [-0.15, -0.1) is 0 Å². The van der Waals surface area contributed by atoms with E-state index in [-0.39, 0.29) is 0 Å². The molecular weight excluding hydrogens is 438 g/mol. The fourth-order valence-electron chi connectivity index (χ4n) is 3.75. The van der Waals surface area contributed by atoms with Crippen LogP contribution in [0, 0.1) is 0 Å². The second-order valence-corrected chi connectivity index (χ2v) is 7.90. The lowest BCUT2D eigenvalue weighted by Crippen LogP contribution is -2.03. The van der Waals surface area contributed by atoms with Gasteiger partial charge in [0.15, 0.2) is 0 Å². The fraction of sp³-hybridized carbons (Fsp3) is 0.160. The number of benzene rings is 3. The minimum Gasteiger partial charge on any atom is -0.497 e. The lowest BCUT2D eigenvalue weighted by molar-refractivity contribution is 0.397. The molecule has 0 amide bonds. The van der Waals surface area contributed by atoms with Gasteiger partial charge in [-0.1, -0.05) is 30.7 Å². The molecule has 0 aliphatic heterocycles. The highest BCUT2D eigenvalue weighted by Gasteiger charge is 2.15. The molecule has 3 aromatic carbocycles. The third-order valence-electron chi connectivity index (χ3n) is 5.43. The first-order chi connectivity index (χ1) is 16.1. The molecule has 0 saturated heterocycles. The van der Waals surface area contributed by atoms with Crippen LogP contribution in [0.1, 0.15) is 12.7 Å². The first-order valence-corrected chi connectivity index (χ1v) is 10.9. The SMILES string of the molecule is CCc1nc(Nc2ccc(Cl)c(-c3nc4ccccc4[nH]3)c2)c2cc(OC)cc(OC)c2n1. The second-order valence-electron chi connectivity index (χ2n) is 7.49. The predicted octanol–water partition coefficient (Wildman–Crippen LogP) is 6.15. The van der Waals surface area contributed by atoms with E-state index in [9.17, 15) is 0 Å². The summed E-state index contributed by atoms with van der Waals surface area (Å²) in [5.74, 6) is 3.36. The maximum atomic E-state index is 6.54. The van der Waals surface area contributed by atoms with Crippen molar-refractivity contribution in [3.05, 3.63) is 65.4 Å². The number of nitrogens with zero attached hydrogens (tertiary/aromatic N) is 3. The van der Waals surface area contributed by atoms with Crippen molar-refractivity contribution in [2.75, 3.05) is 19.5 Å². The van der Waals surface area contributed by atoms with E-state index in [1.54, 1.807) is 14.2 Å². The topological polar surface area (TPSA) is 85.0 Å². The Morgan fingerprint density at radius 2 is 1.82 bits per heavy atom. The summed E-state index contributed by atoms with van der Waals surface area (Å²) >= 11 is 6.54. The minimum atomic E-state index is 0.602. The lowest BCUT2D eigenvalue weighted by Gasteiger charge is -2.14. The van der Waals surface area contributed by atoms with Gasteiger partial charge < -0.3 is 19.8 Å². The van der Waals surface area contributed by atoms with Crippen molar-refractivity contribution >= 4 is 45.0 Å². The number of ether oxygens (including phenoxy) is 2. The summed E-state index contributed by atoms with van der Waals surface area (Å²) in [5.41, 5.74) is 4.17. The number of methoxy groups -OCH3 is 2. The molecule has 0 saturated carbocycles. The van der Waals surface area contributed by atoms with E-state index in [1.807, 2.05) is 61.5 Å². The van der Waals surface area contributed by atoms with Crippen molar-refractivity contribution in [2.45, 2.75) is 13.3 Å². The van der Waals surface area contributed by atoms with E-state index < -0.39 is 0 Å². The molecular formula is C25H22ClN5O2. The van der Waals surface area contributed by atoms with Gasteiger partial charge in [-0.05, 0) is 36.4 Å². The number of rotatable bonds is 6. The highest BCUT2D eigenvalue weighted by molar-refractivity contribution is 6.33. The first-order valence-electron chi connectivity index (χ1n) is 10.5. The Labute approximate surface area is 195 Å². The Morgan fingerprint density at radius 3 is 2.58 bits per heavy atom. The Balaban J connectivity index is 1.62. The van der Waals surface area contributed by atoms with Crippen LogP contribution >= 0.6 is 11.6 Å². The molecule has 0 bridgehead atoms. The standard InChI is InChI=1S/C25H22ClN5O2/c1-4-22-30-23-17(12-15(32-2)13-21(23)33-3)25(31-22)27-14-9-10-18(26)16(11-14)24-28-19-7-5-6-8-20(19)29-24/h5-13H,4H2,1-3H3,(H,28,29)(H,27,30,31). The average Bonchev–Trinajstić information content (AvgIpc) is 3.28. The molecule has 0 unspecified atom stereocenters. The summed E-state index contributed by atoms with van der Waals surface area (Å²) < 4.78 is 11.0. The number of nitrogens with one attached hydrogen (secondary N) is 2. The van der Waals surface area contributed by atoms with E-state index in [2.05, 4.69) is 20.3 Å². The predicted molar refractivity (Wildman–Crippen MR) is 132 cm³/mol. The van der Waals surface area contributed by atoms with Gasteiger partial charge in [-0.25, -0.2) is 15.0 Å². The third kappa shape index (κ3) is 3.91. The van der Waals surface area contributed by atoms with Crippen LogP contribution in [0.2, 0.25) is 5.02 Å². The molecule has 8 heteroatoms. The number of H-pyrrole nitrogens is 1. The van der Waals surface area contributed by atoms with Crippen molar-refractivity contribution in [3.63, 3.8) is 0 Å². The number of aromatic nitrogens is 4. The molecule has 0 aliphatic carbocycles. The molecule has 2 heterocycles. The number of hydrogen-bond acceptors (Lipinski definition) is 6. The van der Waals surface area contributed by atoms with Gasteiger partial charge in [0.25, 0.3) is 0 Å². The summed E-state index contributed by atoms with van der Waals surface area (Å²) in [6.45, 7) is 2.02. The molecule has 0 spiro atoms. The number of hydrogen-bond donors (Lipinski definition) is 2. The van der Waals surface area contributed by atoms with Crippen LogP contribution in [-0.4, -0.2) is 34.2 Å². The first kappa shape index (κ1) is 21.0. The summed E-state index contributed by atoms with van der Waals surface area (Å²) in [6.07, 6.45) is 0.685. The van der Waals surface area contributed by atoms with Crippen LogP contribution in [0.15, 0.2) is 54.6 Å². The van der Waals surface area contributed by atoms with Crippen molar-refractivity contribution in [3.8, 4) is 22.9 Å². The largest absolute Gasteiger partial charge is 0.497 e. The van der Waals surface area contributed by atoms with Crippen LogP contribution in [0.25, 0.3) is 33.3 Å². The molecule has 0 aliphatic rings. The quantitative estimate of drug-likeness (QED) is 0.317. The Hall–Kier alpha value is -3.84.